The lowest BCUT2D eigenvalue weighted by Crippen LogP contribution is -2.05. The van der Waals surface area contributed by atoms with Crippen LogP contribution in [0.1, 0.15) is 41.9 Å². The summed E-state index contributed by atoms with van der Waals surface area (Å²) in [6.07, 6.45) is -0.210. The van der Waals surface area contributed by atoms with E-state index in [2.05, 4.69) is 0 Å². The molecule has 0 spiro atoms. The number of nitrogens with two attached hydrogens (primary N) is 1. The fraction of sp³-hybridized carbons (Fsp3) is 0.214. The van der Waals surface area contributed by atoms with E-state index in [9.17, 15) is 20.3 Å². The Labute approximate surface area is 204 Å². The summed E-state index contributed by atoms with van der Waals surface area (Å²) in [7, 11) is 0. The molecule has 0 saturated heterocycles. The third kappa shape index (κ3) is 6.07. The number of carbonyl (C=O) groups is 1. The number of benzene rings is 3. The molecule has 35 heavy (non-hydrogen) atoms. The van der Waals surface area contributed by atoms with Crippen LogP contribution in [0.15, 0.2) is 65.1 Å². The van der Waals surface area contributed by atoms with E-state index < -0.39 is 5.97 Å². The summed E-state index contributed by atoms with van der Waals surface area (Å²) >= 11 is 0. The first kappa shape index (κ1) is 25.5. The van der Waals surface area contributed by atoms with E-state index in [4.69, 9.17) is 14.9 Å². The van der Waals surface area contributed by atoms with Gasteiger partial charge in [-0.1, -0.05) is 38.1 Å². The lowest BCUT2D eigenvalue weighted by Gasteiger charge is -2.13. The first-order valence-corrected chi connectivity index (χ1v) is 11.3. The molecule has 0 aliphatic carbocycles. The van der Waals surface area contributed by atoms with Crippen LogP contribution in [-0.4, -0.2) is 16.2 Å². The zero-order valence-corrected chi connectivity index (χ0v) is 19.7. The summed E-state index contributed by atoms with van der Waals surface area (Å²) in [4.78, 5) is 11.2. The van der Waals surface area contributed by atoms with E-state index in [0.29, 0.717) is 34.8 Å². The van der Waals surface area contributed by atoms with Crippen LogP contribution in [0.25, 0.3) is 22.1 Å². The highest BCUT2D eigenvalue weighted by Crippen LogP contribution is 2.34. The predicted octanol–water partition coefficient (Wildman–Crippen LogP) is 5.15. The van der Waals surface area contributed by atoms with Gasteiger partial charge in [-0.05, 0) is 53.1 Å². The maximum atomic E-state index is 11.2. The first-order chi connectivity index (χ1) is 17.0. The van der Waals surface area contributed by atoms with E-state index in [1.54, 1.807) is 24.3 Å². The second-order valence-electron chi connectivity index (χ2n) is 7.63. The summed E-state index contributed by atoms with van der Waals surface area (Å²) in [5.74, 6) is -0.181. The third-order valence-electron chi connectivity index (χ3n) is 5.29. The number of carboxylic acid groups (broad SMARTS) is 1. The molecular formula is C28H28N2O5. The van der Waals surface area contributed by atoms with Gasteiger partial charge >= 0.3 is 5.97 Å². The zero-order valence-electron chi connectivity index (χ0n) is 19.7. The highest BCUT2D eigenvalue weighted by Gasteiger charge is 2.14. The number of nitriles is 1. The van der Waals surface area contributed by atoms with Crippen molar-refractivity contribution in [3.8, 4) is 22.9 Å². The van der Waals surface area contributed by atoms with Crippen molar-refractivity contribution in [2.24, 2.45) is 5.73 Å². The van der Waals surface area contributed by atoms with Crippen LogP contribution in [0.2, 0.25) is 0 Å². The van der Waals surface area contributed by atoms with Gasteiger partial charge in [0, 0.05) is 23.1 Å². The van der Waals surface area contributed by atoms with Gasteiger partial charge in [-0.3, -0.25) is 4.79 Å². The van der Waals surface area contributed by atoms with Crippen LogP contribution < -0.4 is 10.5 Å². The smallest absolute Gasteiger partial charge is 0.307 e. The van der Waals surface area contributed by atoms with Crippen molar-refractivity contribution in [3.63, 3.8) is 0 Å². The topological polar surface area (TPSA) is 130 Å². The Hall–Kier alpha value is -4.12. The molecule has 0 bridgehead atoms. The molecule has 0 aliphatic heterocycles. The fourth-order valence-electron chi connectivity index (χ4n) is 3.74. The number of nitrogens with zero attached hydrogens (tertiary/aromatic N) is 1. The van der Waals surface area contributed by atoms with Crippen LogP contribution in [0.4, 0.5) is 0 Å². The van der Waals surface area contributed by atoms with Gasteiger partial charge in [-0.15, -0.1) is 0 Å². The molecule has 1 aromatic heterocycles. The number of aliphatic hydroxyl groups is 1. The van der Waals surface area contributed by atoms with Gasteiger partial charge in [0.05, 0.1) is 18.1 Å². The normalized spacial score (nSPS) is 10.4. The molecule has 7 nitrogen and oxygen atoms in total. The Kier molecular flexibility index (Phi) is 8.63. The minimum atomic E-state index is -0.983. The third-order valence-corrected chi connectivity index (χ3v) is 5.29. The van der Waals surface area contributed by atoms with Crippen molar-refractivity contribution in [1.29, 1.82) is 5.26 Å². The average Bonchev–Trinajstić information content (AvgIpc) is 3.32. The molecule has 4 aromatic rings. The summed E-state index contributed by atoms with van der Waals surface area (Å²) < 4.78 is 11.8. The van der Waals surface area contributed by atoms with Gasteiger partial charge in [0.1, 0.15) is 30.3 Å². The van der Waals surface area contributed by atoms with Gasteiger partial charge in [-0.2, -0.15) is 5.26 Å². The van der Waals surface area contributed by atoms with Crippen molar-refractivity contribution < 1.29 is 24.2 Å². The second kappa shape index (κ2) is 11.8. The number of ether oxygens (including phenoxy) is 1. The maximum Gasteiger partial charge on any atom is 0.307 e. The average molecular weight is 473 g/mol. The largest absolute Gasteiger partial charge is 0.489 e. The van der Waals surface area contributed by atoms with Crippen molar-refractivity contribution in [1.82, 2.24) is 0 Å². The molecular weight excluding hydrogens is 444 g/mol. The Morgan fingerprint density at radius 1 is 1.09 bits per heavy atom. The standard InChI is InChI=1S/C26H22N2O5.C2H6/c27-12-16-2-1-3-19(6-16)23-8-18(7-21-10-22(14-29)33-26(21)23)15-32-24-9-17(13-28)4-5-20(24)11-25(30)31;1-2/h1-10,29H,11-12,14-15,27H2,(H,30,31);1-2H3. The van der Waals surface area contributed by atoms with E-state index in [1.165, 1.54) is 0 Å². The molecule has 7 heteroatoms. The van der Waals surface area contributed by atoms with E-state index in [1.807, 2.05) is 56.3 Å². The van der Waals surface area contributed by atoms with Crippen LogP contribution in [-0.2, 0) is 31.0 Å². The van der Waals surface area contributed by atoms with Crippen molar-refractivity contribution in [2.75, 3.05) is 0 Å². The minimum absolute atomic E-state index is 0.153. The summed E-state index contributed by atoms with van der Waals surface area (Å²) in [5, 5.41) is 28.8. The molecule has 0 atom stereocenters. The number of aliphatic carboxylic acids is 1. The Morgan fingerprint density at radius 2 is 1.89 bits per heavy atom. The molecule has 0 amide bonds. The SMILES string of the molecule is CC.N#Cc1ccc(CC(=O)O)c(OCc2cc(-c3cccc(CN)c3)c3oc(CO)cc3c2)c1. The monoisotopic (exact) mass is 472 g/mol. The van der Waals surface area contributed by atoms with E-state index in [-0.39, 0.29) is 19.6 Å². The maximum absolute atomic E-state index is 11.2. The number of furan rings is 1. The summed E-state index contributed by atoms with van der Waals surface area (Å²) in [5.41, 5.74) is 10.9. The van der Waals surface area contributed by atoms with Gasteiger partial charge in [0.25, 0.3) is 0 Å². The number of rotatable bonds is 8. The molecule has 0 fully saturated rings. The Bertz CT molecular complexity index is 1370. The number of fused-ring (bicyclic) bond motifs is 1. The highest BCUT2D eigenvalue weighted by atomic mass is 16.5. The van der Waals surface area contributed by atoms with Crippen LogP contribution in [0.3, 0.4) is 0 Å². The number of carboxylic acids is 1. The lowest BCUT2D eigenvalue weighted by atomic mass is 9.99. The zero-order chi connectivity index (χ0) is 25.4. The molecule has 0 saturated carbocycles. The van der Waals surface area contributed by atoms with Gasteiger partial charge in [0.15, 0.2) is 0 Å². The molecule has 1 heterocycles. The fourth-order valence-corrected chi connectivity index (χ4v) is 3.74. The Morgan fingerprint density at radius 3 is 2.57 bits per heavy atom. The van der Waals surface area contributed by atoms with Crippen molar-refractivity contribution >= 4 is 16.9 Å². The molecule has 4 rings (SSSR count). The van der Waals surface area contributed by atoms with Gasteiger partial charge in [0.2, 0.25) is 0 Å². The van der Waals surface area contributed by atoms with Crippen LogP contribution in [0.5, 0.6) is 5.75 Å². The quantitative estimate of drug-likeness (QED) is 0.323. The number of hydrogen-bond donors (Lipinski definition) is 3. The summed E-state index contributed by atoms with van der Waals surface area (Å²) in [6.45, 7) is 4.34. The molecule has 0 radical (unpaired) electrons. The molecule has 3 aromatic carbocycles. The molecule has 180 valence electrons. The van der Waals surface area contributed by atoms with Crippen LogP contribution in [0, 0.1) is 11.3 Å². The number of aliphatic hydroxyl groups excluding tert-OH is 1. The van der Waals surface area contributed by atoms with E-state index >= 15 is 0 Å². The van der Waals surface area contributed by atoms with Crippen molar-refractivity contribution in [2.45, 2.75) is 40.0 Å². The molecule has 0 aliphatic rings. The van der Waals surface area contributed by atoms with Crippen molar-refractivity contribution in [3.05, 3.63) is 88.7 Å². The minimum Gasteiger partial charge on any atom is -0.489 e. The van der Waals surface area contributed by atoms with Gasteiger partial charge < -0.3 is 25.1 Å². The molecule has 0 unspecified atom stereocenters. The first-order valence-electron chi connectivity index (χ1n) is 11.3. The number of hydrogen-bond acceptors (Lipinski definition) is 6. The predicted molar refractivity (Wildman–Crippen MR) is 134 cm³/mol. The second-order valence-corrected chi connectivity index (χ2v) is 7.63. The lowest BCUT2D eigenvalue weighted by molar-refractivity contribution is -0.136. The van der Waals surface area contributed by atoms with Crippen LogP contribution >= 0.6 is 0 Å². The highest BCUT2D eigenvalue weighted by molar-refractivity contribution is 5.93. The van der Waals surface area contributed by atoms with E-state index in [0.717, 1.165) is 27.6 Å². The summed E-state index contributed by atoms with van der Waals surface area (Å²) in [6, 6.07) is 20.2. The Balaban J connectivity index is 0.00000167. The van der Waals surface area contributed by atoms with Gasteiger partial charge in [-0.25, -0.2) is 0 Å². The molecule has 4 N–H and O–H groups in total.